The van der Waals surface area contributed by atoms with Crippen LogP contribution in [0.4, 0.5) is 0 Å². The van der Waals surface area contributed by atoms with Crippen molar-refractivity contribution in [1.82, 2.24) is 0 Å². The highest BCUT2D eigenvalue weighted by molar-refractivity contribution is 9.10. The van der Waals surface area contributed by atoms with Crippen molar-refractivity contribution in [3.8, 4) is 11.5 Å². The summed E-state index contributed by atoms with van der Waals surface area (Å²) in [6.45, 7) is 2.78. The van der Waals surface area contributed by atoms with Crippen molar-refractivity contribution < 1.29 is 19.1 Å². The average Bonchev–Trinajstić information content (AvgIpc) is 3.12. The van der Waals surface area contributed by atoms with Crippen LogP contribution in [-0.4, -0.2) is 25.4 Å². The van der Waals surface area contributed by atoms with Gasteiger partial charge in [-0.1, -0.05) is 34.4 Å². The minimum Gasteiger partial charge on any atom is -0.496 e. The second kappa shape index (κ2) is 9.04. The zero-order valence-corrected chi connectivity index (χ0v) is 17.0. The molecule has 0 aromatic heterocycles. The number of carbonyl (C=O) groups excluding carboxylic acids is 1. The molecule has 5 nitrogen and oxygen atoms in total. The number of hydrogen-bond acceptors (Lipinski definition) is 5. The molecule has 142 valence electrons. The summed E-state index contributed by atoms with van der Waals surface area (Å²) in [5, 5.41) is 4.11. The molecule has 1 aliphatic rings. The summed E-state index contributed by atoms with van der Waals surface area (Å²) in [6, 6.07) is 10.7. The van der Waals surface area contributed by atoms with Gasteiger partial charge in [0.2, 0.25) is 0 Å². The Hall–Kier alpha value is -2.34. The van der Waals surface area contributed by atoms with Gasteiger partial charge in [-0.15, -0.1) is 0 Å². The van der Waals surface area contributed by atoms with Crippen LogP contribution in [0, 0.1) is 0 Å². The Morgan fingerprint density at radius 2 is 1.93 bits per heavy atom. The van der Waals surface area contributed by atoms with Crippen LogP contribution in [0.1, 0.15) is 47.7 Å². The van der Waals surface area contributed by atoms with E-state index in [0.29, 0.717) is 18.6 Å². The molecule has 0 fully saturated rings. The monoisotopic (exact) mass is 431 g/mol. The van der Waals surface area contributed by atoms with Crippen molar-refractivity contribution >= 4 is 27.6 Å². The number of rotatable bonds is 7. The van der Waals surface area contributed by atoms with Crippen molar-refractivity contribution in [3.63, 3.8) is 0 Å². The highest BCUT2D eigenvalue weighted by atomic mass is 79.9. The molecule has 27 heavy (non-hydrogen) atoms. The number of ether oxygens (including phenoxy) is 2. The largest absolute Gasteiger partial charge is 0.496 e. The summed E-state index contributed by atoms with van der Waals surface area (Å²) in [6.07, 6.45) is 3.61. The number of fused-ring (bicyclic) bond motifs is 1. The first-order valence-corrected chi connectivity index (χ1v) is 9.80. The van der Waals surface area contributed by atoms with Gasteiger partial charge >= 0.3 is 5.97 Å². The molecule has 0 saturated carbocycles. The normalized spacial score (nSPS) is 14.1. The fourth-order valence-corrected chi connectivity index (χ4v) is 3.49. The first-order chi connectivity index (χ1) is 13.1. The van der Waals surface area contributed by atoms with E-state index in [1.165, 1.54) is 0 Å². The Kier molecular flexibility index (Phi) is 6.50. The molecule has 0 heterocycles. The van der Waals surface area contributed by atoms with E-state index >= 15 is 0 Å². The van der Waals surface area contributed by atoms with Crippen LogP contribution in [0.25, 0.3) is 0 Å². The third-order valence-corrected chi connectivity index (χ3v) is 5.18. The Morgan fingerprint density at radius 1 is 1.15 bits per heavy atom. The molecule has 0 bridgehead atoms. The van der Waals surface area contributed by atoms with Gasteiger partial charge in [0.25, 0.3) is 0 Å². The van der Waals surface area contributed by atoms with Crippen LogP contribution in [-0.2, 0) is 11.3 Å². The minimum absolute atomic E-state index is 0.432. The third-order valence-electron chi connectivity index (χ3n) is 4.43. The van der Waals surface area contributed by atoms with Crippen molar-refractivity contribution in [2.75, 3.05) is 13.7 Å². The van der Waals surface area contributed by atoms with Gasteiger partial charge in [0.1, 0.15) is 11.5 Å². The first kappa shape index (κ1) is 19.4. The second-order valence-electron chi connectivity index (χ2n) is 6.25. The third kappa shape index (κ3) is 4.50. The van der Waals surface area contributed by atoms with Crippen LogP contribution in [0.2, 0.25) is 0 Å². The average molecular weight is 432 g/mol. The molecule has 1 aliphatic carbocycles. The van der Waals surface area contributed by atoms with Crippen molar-refractivity contribution in [2.45, 2.75) is 32.6 Å². The molecule has 0 saturated heterocycles. The number of methoxy groups -OCH3 is 1. The maximum absolute atomic E-state index is 12.3. The lowest BCUT2D eigenvalue weighted by atomic mass is 10.1. The van der Waals surface area contributed by atoms with Crippen LogP contribution < -0.4 is 9.47 Å². The summed E-state index contributed by atoms with van der Waals surface area (Å²) in [4.78, 5) is 17.5. The summed E-state index contributed by atoms with van der Waals surface area (Å²) < 4.78 is 12.0. The molecule has 3 rings (SSSR count). The SMILES string of the molecule is CCCCOc1ccc(C(=O)ON=C2CCc3c(Br)ccc(OC)c32)cc1. The number of halogens is 1. The molecule has 0 aliphatic heterocycles. The first-order valence-electron chi connectivity index (χ1n) is 9.00. The van der Waals surface area contributed by atoms with Gasteiger partial charge in [-0.2, -0.15) is 0 Å². The number of nitrogens with zero attached hydrogens (tertiary/aromatic N) is 1. The van der Waals surface area contributed by atoms with Crippen LogP contribution in [0.5, 0.6) is 11.5 Å². The van der Waals surface area contributed by atoms with Crippen LogP contribution in [0.15, 0.2) is 46.0 Å². The second-order valence-corrected chi connectivity index (χ2v) is 7.10. The molecule has 6 heteroatoms. The van der Waals surface area contributed by atoms with E-state index in [2.05, 4.69) is 28.0 Å². The lowest BCUT2D eigenvalue weighted by Gasteiger charge is -2.09. The summed E-state index contributed by atoms with van der Waals surface area (Å²) in [5.41, 5.74) is 3.18. The zero-order valence-electron chi connectivity index (χ0n) is 15.5. The number of carbonyl (C=O) groups is 1. The lowest BCUT2D eigenvalue weighted by molar-refractivity contribution is 0.0516. The standard InChI is InChI=1S/C21H22BrNO4/c1-3-4-13-26-15-7-5-14(6-8-15)21(24)27-23-18-11-9-16-17(22)10-12-19(25-2)20(16)18/h5-8,10,12H,3-4,9,11,13H2,1-2H3. The van der Waals surface area contributed by atoms with Gasteiger partial charge in [0.15, 0.2) is 0 Å². The zero-order chi connectivity index (χ0) is 19.2. The van der Waals surface area contributed by atoms with Gasteiger partial charge in [-0.05, 0) is 61.2 Å². The van der Waals surface area contributed by atoms with E-state index in [4.69, 9.17) is 14.3 Å². The lowest BCUT2D eigenvalue weighted by Crippen LogP contribution is -2.05. The van der Waals surface area contributed by atoms with Crippen molar-refractivity contribution in [1.29, 1.82) is 0 Å². The molecular formula is C21H22BrNO4. The number of unbranched alkanes of at least 4 members (excludes halogenated alkanes) is 1. The van der Waals surface area contributed by atoms with Gasteiger partial charge in [0.05, 0.1) is 25.0 Å². The Morgan fingerprint density at radius 3 is 2.63 bits per heavy atom. The van der Waals surface area contributed by atoms with Crippen LogP contribution >= 0.6 is 15.9 Å². The highest BCUT2D eigenvalue weighted by Gasteiger charge is 2.25. The van der Waals surface area contributed by atoms with Gasteiger partial charge in [0, 0.05) is 10.0 Å². The van der Waals surface area contributed by atoms with E-state index in [-0.39, 0.29) is 0 Å². The molecule has 0 radical (unpaired) electrons. The van der Waals surface area contributed by atoms with Gasteiger partial charge in [-0.3, -0.25) is 0 Å². The predicted octanol–water partition coefficient (Wildman–Crippen LogP) is 5.14. The smallest absolute Gasteiger partial charge is 0.365 e. The van der Waals surface area contributed by atoms with Crippen LogP contribution in [0.3, 0.4) is 0 Å². The Balaban J connectivity index is 1.69. The maximum atomic E-state index is 12.3. The summed E-state index contributed by atoms with van der Waals surface area (Å²) in [5.74, 6) is 0.977. The Labute approximate surface area is 167 Å². The molecule has 0 atom stereocenters. The molecule has 0 unspecified atom stereocenters. The van der Waals surface area contributed by atoms with E-state index in [1.54, 1.807) is 31.4 Å². The fourth-order valence-electron chi connectivity index (χ4n) is 2.96. The summed E-state index contributed by atoms with van der Waals surface area (Å²) >= 11 is 3.55. The van der Waals surface area contributed by atoms with E-state index in [1.807, 2.05) is 12.1 Å². The number of benzene rings is 2. The number of oxime groups is 1. The maximum Gasteiger partial charge on any atom is 0.365 e. The quantitative estimate of drug-likeness (QED) is 0.345. The summed E-state index contributed by atoms with van der Waals surface area (Å²) in [7, 11) is 1.62. The molecular weight excluding hydrogens is 410 g/mol. The topological polar surface area (TPSA) is 57.1 Å². The fraction of sp³-hybridized carbons (Fsp3) is 0.333. The van der Waals surface area contributed by atoms with Gasteiger partial charge in [-0.25, -0.2) is 4.79 Å². The van der Waals surface area contributed by atoms with E-state index < -0.39 is 5.97 Å². The van der Waals surface area contributed by atoms with Crippen molar-refractivity contribution in [2.24, 2.45) is 5.16 Å². The van der Waals surface area contributed by atoms with E-state index in [9.17, 15) is 4.79 Å². The number of hydrogen-bond donors (Lipinski definition) is 0. The molecule has 0 N–H and O–H groups in total. The predicted molar refractivity (Wildman–Crippen MR) is 108 cm³/mol. The Bertz CT molecular complexity index is 846. The molecule has 2 aromatic carbocycles. The van der Waals surface area contributed by atoms with Crippen molar-refractivity contribution in [3.05, 3.63) is 57.6 Å². The molecule has 2 aromatic rings. The van der Waals surface area contributed by atoms with Gasteiger partial charge < -0.3 is 14.3 Å². The van der Waals surface area contributed by atoms with E-state index in [0.717, 1.165) is 52.1 Å². The minimum atomic E-state index is -0.495. The molecule has 0 spiro atoms. The molecule has 0 amide bonds. The highest BCUT2D eigenvalue weighted by Crippen LogP contribution is 2.36.